The number of hydrogen-bond acceptors (Lipinski definition) is 6. The van der Waals surface area contributed by atoms with E-state index in [0.717, 1.165) is 0 Å². The van der Waals surface area contributed by atoms with Crippen LogP contribution in [0.1, 0.15) is 17.3 Å². The number of nitrogens with zero attached hydrogens (tertiary/aromatic N) is 2. The molecule has 1 atom stereocenters. The smallest absolute Gasteiger partial charge is 0.300 e. The molecule has 8 heteroatoms. The van der Waals surface area contributed by atoms with Crippen molar-refractivity contribution < 1.29 is 28.6 Å². The first-order valence-electron chi connectivity index (χ1n) is 9.66. The number of ether oxygens (including phenoxy) is 2. The van der Waals surface area contributed by atoms with Crippen molar-refractivity contribution in [3.8, 4) is 11.5 Å². The molecule has 1 aromatic heterocycles. The van der Waals surface area contributed by atoms with E-state index < -0.39 is 29.3 Å². The molecule has 3 aromatic rings. The van der Waals surface area contributed by atoms with E-state index in [4.69, 9.17) is 9.47 Å². The summed E-state index contributed by atoms with van der Waals surface area (Å²) in [5.41, 5.74) is 0.725. The van der Waals surface area contributed by atoms with Gasteiger partial charge in [-0.15, -0.1) is 0 Å². The van der Waals surface area contributed by atoms with Crippen molar-refractivity contribution in [1.82, 2.24) is 4.98 Å². The first-order chi connectivity index (χ1) is 15.5. The summed E-state index contributed by atoms with van der Waals surface area (Å²) in [5.74, 6) is -1.89. The Morgan fingerprint density at radius 1 is 1.03 bits per heavy atom. The quantitative estimate of drug-likeness (QED) is 0.373. The number of pyridine rings is 1. The number of anilines is 1. The van der Waals surface area contributed by atoms with Gasteiger partial charge in [-0.25, -0.2) is 4.39 Å². The van der Waals surface area contributed by atoms with Gasteiger partial charge in [0, 0.05) is 18.0 Å². The van der Waals surface area contributed by atoms with E-state index in [1.807, 2.05) is 0 Å². The van der Waals surface area contributed by atoms with E-state index in [1.54, 1.807) is 30.3 Å². The molecule has 32 heavy (non-hydrogen) atoms. The molecule has 1 fully saturated rings. The summed E-state index contributed by atoms with van der Waals surface area (Å²) in [6.45, 7) is 0. The monoisotopic (exact) mass is 434 g/mol. The zero-order valence-corrected chi connectivity index (χ0v) is 17.3. The van der Waals surface area contributed by atoms with Crippen LogP contribution in [0.15, 0.2) is 72.4 Å². The average Bonchev–Trinajstić information content (AvgIpc) is 3.09. The Morgan fingerprint density at radius 2 is 1.78 bits per heavy atom. The van der Waals surface area contributed by atoms with Crippen LogP contribution in [-0.2, 0) is 9.59 Å². The number of halogens is 1. The van der Waals surface area contributed by atoms with Gasteiger partial charge in [0.25, 0.3) is 11.7 Å². The lowest BCUT2D eigenvalue weighted by Crippen LogP contribution is -2.29. The highest BCUT2D eigenvalue weighted by molar-refractivity contribution is 6.51. The molecule has 1 N–H and O–H groups in total. The van der Waals surface area contributed by atoms with E-state index in [0.29, 0.717) is 17.1 Å². The summed E-state index contributed by atoms with van der Waals surface area (Å²) in [6, 6.07) is 13.9. The average molecular weight is 434 g/mol. The third kappa shape index (κ3) is 3.56. The van der Waals surface area contributed by atoms with Crippen molar-refractivity contribution in [3.63, 3.8) is 0 Å². The maximum Gasteiger partial charge on any atom is 0.300 e. The molecule has 1 amide bonds. The molecular weight excluding hydrogens is 415 g/mol. The van der Waals surface area contributed by atoms with Crippen molar-refractivity contribution in [2.45, 2.75) is 6.04 Å². The zero-order chi connectivity index (χ0) is 22.8. The van der Waals surface area contributed by atoms with Gasteiger partial charge in [0.2, 0.25) is 0 Å². The molecule has 0 radical (unpaired) electrons. The molecule has 7 nitrogen and oxygen atoms in total. The first-order valence-corrected chi connectivity index (χ1v) is 9.66. The lowest BCUT2D eigenvalue weighted by atomic mass is 9.97. The second-order valence-corrected chi connectivity index (χ2v) is 6.97. The maximum absolute atomic E-state index is 13.5. The van der Waals surface area contributed by atoms with Crippen LogP contribution in [0.5, 0.6) is 11.5 Å². The summed E-state index contributed by atoms with van der Waals surface area (Å²) < 4.78 is 24.0. The van der Waals surface area contributed by atoms with E-state index >= 15 is 0 Å². The number of carbonyl (C=O) groups is 2. The van der Waals surface area contributed by atoms with Gasteiger partial charge in [0.1, 0.15) is 29.1 Å². The Morgan fingerprint density at radius 3 is 2.41 bits per heavy atom. The number of aromatic nitrogens is 1. The molecule has 0 spiro atoms. The lowest BCUT2D eigenvalue weighted by molar-refractivity contribution is -0.132. The van der Waals surface area contributed by atoms with Gasteiger partial charge >= 0.3 is 0 Å². The topological polar surface area (TPSA) is 89.0 Å². The van der Waals surface area contributed by atoms with Gasteiger partial charge in [-0.1, -0.05) is 6.07 Å². The number of hydrogen-bond donors (Lipinski definition) is 1. The van der Waals surface area contributed by atoms with Crippen LogP contribution in [-0.4, -0.2) is 36.0 Å². The number of amides is 1. The van der Waals surface area contributed by atoms with Crippen LogP contribution in [0.2, 0.25) is 0 Å². The number of rotatable bonds is 5. The Bertz CT molecular complexity index is 1210. The predicted octanol–water partition coefficient (Wildman–Crippen LogP) is 3.86. The second kappa shape index (κ2) is 8.50. The fourth-order valence-electron chi connectivity index (χ4n) is 3.66. The van der Waals surface area contributed by atoms with Crippen molar-refractivity contribution in [2.75, 3.05) is 19.1 Å². The molecular formula is C24H19FN2O5. The molecule has 4 rings (SSSR count). The molecule has 0 aliphatic carbocycles. The molecule has 0 saturated carbocycles. The number of benzene rings is 2. The van der Waals surface area contributed by atoms with Crippen LogP contribution in [0.4, 0.5) is 10.1 Å². The van der Waals surface area contributed by atoms with Crippen molar-refractivity contribution in [1.29, 1.82) is 0 Å². The van der Waals surface area contributed by atoms with E-state index in [1.165, 1.54) is 55.6 Å². The summed E-state index contributed by atoms with van der Waals surface area (Å²) in [6.07, 6.45) is 1.52. The van der Waals surface area contributed by atoms with Gasteiger partial charge in [-0.05, 0) is 48.5 Å². The number of aliphatic hydroxyl groups excluding tert-OH is 1. The highest BCUT2D eigenvalue weighted by atomic mass is 19.1. The van der Waals surface area contributed by atoms with Crippen LogP contribution >= 0.6 is 0 Å². The number of ketones is 1. The van der Waals surface area contributed by atoms with Gasteiger partial charge in [-0.3, -0.25) is 19.5 Å². The summed E-state index contributed by atoms with van der Waals surface area (Å²) in [4.78, 5) is 31.6. The maximum atomic E-state index is 13.5. The molecule has 0 bridgehead atoms. The fourth-order valence-corrected chi connectivity index (χ4v) is 3.66. The lowest BCUT2D eigenvalue weighted by Gasteiger charge is -2.24. The minimum absolute atomic E-state index is 0.151. The third-order valence-electron chi connectivity index (χ3n) is 5.18. The highest BCUT2D eigenvalue weighted by Gasteiger charge is 2.47. The van der Waals surface area contributed by atoms with E-state index in [-0.39, 0.29) is 16.9 Å². The van der Waals surface area contributed by atoms with Crippen molar-refractivity contribution >= 4 is 23.1 Å². The van der Waals surface area contributed by atoms with Crippen molar-refractivity contribution in [3.05, 3.63) is 89.5 Å². The van der Waals surface area contributed by atoms with Gasteiger partial charge in [0.05, 0.1) is 31.1 Å². The molecule has 1 unspecified atom stereocenters. The van der Waals surface area contributed by atoms with Gasteiger partial charge in [0.15, 0.2) is 0 Å². The van der Waals surface area contributed by atoms with Gasteiger partial charge < -0.3 is 14.6 Å². The Labute approximate surface area is 183 Å². The Hall–Kier alpha value is -4.20. The number of methoxy groups -OCH3 is 2. The third-order valence-corrected chi connectivity index (χ3v) is 5.18. The minimum Gasteiger partial charge on any atom is -0.507 e. The summed E-state index contributed by atoms with van der Waals surface area (Å²) in [5, 5.41) is 11.2. The molecule has 2 heterocycles. The van der Waals surface area contributed by atoms with Gasteiger partial charge in [-0.2, -0.15) is 0 Å². The molecule has 1 aliphatic heterocycles. The molecule has 1 saturated heterocycles. The van der Waals surface area contributed by atoms with E-state index in [2.05, 4.69) is 4.98 Å². The highest BCUT2D eigenvalue weighted by Crippen LogP contribution is 2.43. The molecule has 2 aromatic carbocycles. The normalized spacial score (nSPS) is 17.5. The number of carbonyl (C=O) groups excluding carboxylic acids is 2. The van der Waals surface area contributed by atoms with Crippen LogP contribution < -0.4 is 14.4 Å². The Kier molecular flexibility index (Phi) is 5.59. The largest absolute Gasteiger partial charge is 0.507 e. The fraction of sp³-hybridized carbons (Fsp3) is 0.125. The minimum atomic E-state index is -1.02. The number of Topliss-reactive ketones (excluding diaryl/α,β-unsaturated/α-hetero) is 1. The molecule has 1 aliphatic rings. The standard InChI is InChI=1S/C24H19FN2O5/c1-31-16-10-11-17(19(13-16)32-2)22(28)20-21(18-5-3-4-12-26-18)27(24(30)23(20)29)15-8-6-14(25)7-9-15/h3-13,21,28H,1-2H3/b22-20-. The SMILES string of the molecule is COc1ccc(/C(O)=C2/C(=O)C(=O)N(c3ccc(F)cc3)C2c2ccccn2)c(OC)c1. The van der Waals surface area contributed by atoms with Crippen LogP contribution in [0.3, 0.4) is 0 Å². The number of aliphatic hydroxyl groups is 1. The molecule has 162 valence electrons. The first kappa shape index (κ1) is 21.0. The summed E-state index contributed by atoms with van der Waals surface area (Å²) in [7, 11) is 2.91. The Balaban J connectivity index is 1.95. The van der Waals surface area contributed by atoms with Crippen LogP contribution in [0, 0.1) is 5.82 Å². The summed E-state index contributed by atoms with van der Waals surface area (Å²) >= 11 is 0. The van der Waals surface area contributed by atoms with Crippen LogP contribution in [0.25, 0.3) is 5.76 Å². The zero-order valence-electron chi connectivity index (χ0n) is 17.3. The van der Waals surface area contributed by atoms with E-state index in [9.17, 15) is 19.1 Å². The predicted molar refractivity (Wildman–Crippen MR) is 115 cm³/mol. The second-order valence-electron chi connectivity index (χ2n) is 6.97. The van der Waals surface area contributed by atoms with Crippen molar-refractivity contribution in [2.24, 2.45) is 0 Å².